The minimum absolute atomic E-state index is 0.0613. The Balaban J connectivity index is 0.845. The number of rotatable bonds is 4. The number of nitrogens with zero attached hydrogens (tertiary/aromatic N) is 6. The number of nitrogens with one attached hydrogen (secondary N) is 1. The molecule has 35 heavy (non-hydrogen) atoms. The molecule has 3 aliphatic carbocycles. The van der Waals surface area contributed by atoms with E-state index in [4.69, 9.17) is 0 Å². The molecule has 0 unspecified atom stereocenters. The summed E-state index contributed by atoms with van der Waals surface area (Å²) < 4.78 is 38.2. The highest BCUT2D eigenvalue weighted by atomic mass is 19.4. The minimum atomic E-state index is -4.47. The number of likely N-dealkylation sites (tertiary alicyclic amines) is 2. The molecule has 9 nitrogen and oxygen atoms in total. The van der Waals surface area contributed by atoms with Crippen molar-refractivity contribution in [1.29, 1.82) is 0 Å². The SMILES string of the molecule is O=C(N1CC2(CC(Cc3cnn(C(F)(F)F)c3)C2)C1)N1CC2(CC(c3nc(C4(O)CC4)n[nH]3)C2)C1. The van der Waals surface area contributed by atoms with Crippen molar-refractivity contribution in [1.82, 2.24) is 34.8 Å². The number of aliphatic hydroxyl groups is 1. The molecular formula is C23H28F3N7O2. The van der Waals surface area contributed by atoms with E-state index in [0.29, 0.717) is 29.6 Å². The average molecular weight is 492 g/mol. The van der Waals surface area contributed by atoms with Gasteiger partial charge in [0.25, 0.3) is 0 Å². The number of carbonyl (C=O) groups excluding carboxylic acids is 1. The van der Waals surface area contributed by atoms with Crippen LogP contribution < -0.4 is 0 Å². The van der Waals surface area contributed by atoms with Crippen molar-refractivity contribution >= 4 is 6.03 Å². The zero-order valence-corrected chi connectivity index (χ0v) is 19.3. The Bertz CT molecular complexity index is 1160. The smallest absolute Gasteiger partial charge is 0.382 e. The van der Waals surface area contributed by atoms with Gasteiger partial charge in [-0.2, -0.15) is 14.9 Å². The molecule has 12 heteroatoms. The molecule has 3 saturated carbocycles. The number of hydrogen-bond acceptors (Lipinski definition) is 5. The standard InChI is InChI=1S/C23H28F3N7O2/c24-23(25,26)33-9-15(8-27-33)3-14-4-20(5-14)10-31(11-20)19(34)32-12-21(13-32)6-16(7-21)17-28-18(30-29-17)22(35)1-2-22/h8-9,14,16,35H,1-7,10-13H2,(H,28,29,30). The average Bonchev–Trinajstić information content (AvgIpc) is 3.10. The molecule has 5 aliphatic rings. The van der Waals surface area contributed by atoms with Crippen LogP contribution in [0.4, 0.5) is 18.0 Å². The first kappa shape index (κ1) is 21.6. The lowest BCUT2D eigenvalue weighted by atomic mass is 9.56. The first-order valence-electron chi connectivity index (χ1n) is 12.3. The van der Waals surface area contributed by atoms with Crippen LogP contribution in [0.1, 0.15) is 61.7 Å². The zero-order valence-electron chi connectivity index (χ0n) is 19.3. The predicted octanol–water partition coefficient (Wildman–Crippen LogP) is 2.71. The summed E-state index contributed by atoms with van der Waals surface area (Å²) in [7, 11) is 0. The van der Waals surface area contributed by atoms with Crippen LogP contribution in [0, 0.1) is 16.7 Å². The number of amides is 2. The monoisotopic (exact) mass is 491 g/mol. The van der Waals surface area contributed by atoms with Gasteiger partial charge in [0, 0.05) is 49.1 Å². The maximum absolute atomic E-state index is 12.9. The van der Waals surface area contributed by atoms with Gasteiger partial charge in [0.2, 0.25) is 0 Å². The van der Waals surface area contributed by atoms with Crippen molar-refractivity contribution in [3.63, 3.8) is 0 Å². The molecule has 2 aliphatic heterocycles. The van der Waals surface area contributed by atoms with E-state index < -0.39 is 11.9 Å². The second-order valence-electron chi connectivity index (χ2n) is 11.9. The molecule has 2 amide bonds. The van der Waals surface area contributed by atoms with Gasteiger partial charge in [0.1, 0.15) is 11.4 Å². The highest BCUT2D eigenvalue weighted by Crippen LogP contribution is 2.57. The van der Waals surface area contributed by atoms with Crippen molar-refractivity contribution in [3.8, 4) is 0 Å². The van der Waals surface area contributed by atoms with E-state index in [1.807, 2.05) is 9.80 Å². The fourth-order valence-corrected chi connectivity index (χ4v) is 6.95. The molecule has 188 valence electrons. The van der Waals surface area contributed by atoms with Gasteiger partial charge in [-0.15, -0.1) is 13.2 Å². The lowest BCUT2D eigenvalue weighted by molar-refractivity contribution is -0.212. The Kier molecular flexibility index (Phi) is 4.19. The first-order valence-corrected chi connectivity index (χ1v) is 12.3. The predicted molar refractivity (Wildman–Crippen MR) is 115 cm³/mol. The molecule has 2 aromatic rings. The normalized spacial score (nSPS) is 26.3. The summed E-state index contributed by atoms with van der Waals surface area (Å²) in [4.78, 5) is 21.2. The van der Waals surface area contributed by atoms with Crippen molar-refractivity contribution in [2.24, 2.45) is 16.7 Å². The molecular weight excluding hydrogens is 463 g/mol. The van der Waals surface area contributed by atoms with E-state index >= 15 is 0 Å². The first-order chi connectivity index (χ1) is 16.5. The van der Waals surface area contributed by atoms with Gasteiger partial charge in [0.05, 0.1) is 6.20 Å². The Hall–Kier alpha value is -2.63. The number of carbonyl (C=O) groups is 1. The molecule has 0 aromatic carbocycles. The number of aromatic nitrogens is 5. The summed E-state index contributed by atoms with van der Waals surface area (Å²) in [5.41, 5.74) is 0.139. The van der Waals surface area contributed by atoms with Gasteiger partial charge in [-0.1, -0.05) is 0 Å². The third-order valence-electron chi connectivity index (χ3n) is 8.90. The molecule has 0 atom stereocenters. The molecule has 0 radical (unpaired) electrons. The second kappa shape index (κ2) is 6.77. The largest absolute Gasteiger partial charge is 0.504 e. The van der Waals surface area contributed by atoms with Crippen molar-refractivity contribution < 1.29 is 23.1 Å². The summed E-state index contributed by atoms with van der Waals surface area (Å²) in [6, 6.07) is 0.109. The molecule has 7 rings (SSSR count). The van der Waals surface area contributed by atoms with Crippen LogP contribution in [0.2, 0.25) is 0 Å². The van der Waals surface area contributed by atoms with E-state index in [0.717, 1.165) is 76.7 Å². The van der Waals surface area contributed by atoms with Crippen LogP contribution in [0.5, 0.6) is 0 Å². The van der Waals surface area contributed by atoms with E-state index in [-0.39, 0.29) is 21.5 Å². The molecule has 2 saturated heterocycles. The number of H-pyrrole nitrogens is 1. The molecule has 2 N–H and O–H groups in total. The summed E-state index contributed by atoms with van der Waals surface area (Å²) in [5, 5.41) is 20.8. The van der Waals surface area contributed by atoms with E-state index in [2.05, 4.69) is 20.3 Å². The van der Waals surface area contributed by atoms with Crippen LogP contribution in [-0.2, 0) is 18.3 Å². The molecule has 2 aromatic heterocycles. The van der Waals surface area contributed by atoms with Gasteiger partial charge >= 0.3 is 12.3 Å². The van der Waals surface area contributed by atoms with E-state index in [1.165, 1.54) is 6.20 Å². The quantitative estimate of drug-likeness (QED) is 0.685. The number of hydrogen-bond donors (Lipinski definition) is 2. The zero-order chi connectivity index (χ0) is 24.2. The van der Waals surface area contributed by atoms with Gasteiger partial charge < -0.3 is 14.9 Å². The van der Waals surface area contributed by atoms with Crippen LogP contribution >= 0.6 is 0 Å². The topological polar surface area (TPSA) is 103 Å². The van der Waals surface area contributed by atoms with Crippen LogP contribution in [0.15, 0.2) is 12.4 Å². The van der Waals surface area contributed by atoms with Crippen LogP contribution in [-0.4, -0.2) is 72.1 Å². The summed E-state index contributed by atoms with van der Waals surface area (Å²) in [6.45, 7) is 3.06. The third kappa shape index (κ3) is 3.47. The van der Waals surface area contributed by atoms with Crippen molar-refractivity contribution in [2.75, 3.05) is 26.2 Å². The van der Waals surface area contributed by atoms with Gasteiger partial charge in [-0.05, 0) is 56.4 Å². The maximum Gasteiger partial charge on any atom is 0.504 e. The Labute approximate surface area is 199 Å². The summed E-state index contributed by atoms with van der Waals surface area (Å²) >= 11 is 0. The fourth-order valence-electron chi connectivity index (χ4n) is 6.95. The molecule has 4 heterocycles. The lowest BCUT2D eigenvalue weighted by Crippen LogP contribution is -2.70. The maximum atomic E-state index is 12.9. The van der Waals surface area contributed by atoms with Crippen LogP contribution in [0.3, 0.4) is 0 Å². The second-order valence-corrected chi connectivity index (χ2v) is 11.9. The Morgan fingerprint density at radius 3 is 2.29 bits per heavy atom. The summed E-state index contributed by atoms with van der Waals surface area (Å²) in [6.07, 6.45) is 3.84. The number of alkyl halides is 3. The molecule has 5 fully saturated rings. The van der Waals surface area contributed by atoms with Crippen molar-refractivity contribution in [3.05, 3.63) is 29.6 Å². The fraction of sp³-hybridized carbons (Fsp3) is 0.739. The lowest BCUT2D eigenvalue weighted by Gasteiger charge is -2.63. The van der Waals surface area contributed by atoms with Gasteiger partial charge in [-0.3, -0.25) is 5.10 Å². The number of urea groups is 1. The summed E-state index contributed by atoms with van der Waals surface area (Å²) in [5.74, 6) is 2.04. The Morgan fingerprint density at radius 2 is 1.71 bits per heavy atom. The minimum Gasteiger partial charge on any atom is -0.382 e. The third-order valence-corrected chi connectivity index (χ3v) is 8.90. The molecule has 2 spiro atoms. The van der Waals surface area contributed by atoms with Gasteiger partial charge in [0.15, 0.2) is 5.82 Å². The number of aromatic amines is 1. The van der Waals surface area contributed by atoms with Crippen LogP contribution in [0.25, 0.3) is 0 Å². The number of halogens is 3. The van der Waals surface area contributed by atoms with Gasteiger partial charge in [-0.25, -0.2) is 9.78 Å². The highest BCUT2D eigenvalue weighted by molar-refractivity contribution is 5.77. The highest BCUT2D eigenvalue weighted by Gasteiger charge is 2.59. The van der Waals surface area contributed by atoms with E-state index in [1.54, 1.807) is 0 Å². The molecule has 0 bridgehead atoms. The van der Waals surface area contributed by atoms with Crippen molar-refractivity contribution in [2.45, 2.75) is 62.8 Å². The Morgan fingerprint density at radius 1 is 1.09 bits per heavy atom. The van der Waals surface area contributed by atoms with E-state index in [9.17, 15) is 23.1 Å².